The summed E-state index contributed by atoms with van der Waals surface area (Å²) in [6.45, 7) is -2.18. The van der Waals surface area contributed by atoms with Crippen molar-refractivity contribution in [2.45, 2.75) is 56.0 Å². The van der Waals surface area contributed by atoms with Gasteiger partial charge in [0.2, 0.25) is 15.9 Å². The number of sulfonamides is 1. The van der Waals surface area contributed by atoms with Crippen LogP contribution in [-0.2, 0) is 46.9 Å². The van der Waals surface area contributed by atoms with Gasteiger partial charge >= 0.3 is 12.4 Å². The molecule has 62 heavy (non-hydrogen) atoms. The number of hydrogen-bond donors (Lipinski definition) is 2. The molecule has 6 aromatic rings. The molecule has 4 aromatic heterocycles. The normalized spacial score (nSPS) is 17.6. The number of rotatable bonds is 12. The Hall–Kier alpha value is -5.50. The van der Waals surface area contributed by atoms with Crippen LogP contribution in [-0.4, -0.2) is 67.5 Å². The van der Waals surface area contributed by atoms with Gasteiger partial charge in [0.15, 0.2) is 17.2 Å². The second-order valence-electron chi connectivity index (χ2n) is 14.5. The third-order valence-corrected chi connectivity index (χ3v) is 11.8. The van der Waals surface area contributed by atoms with E-state index in [0.717, 1.165) is 27.6 Å². The average Bonchev–Trinajstić information content (AvgIpc) is 3.38. The standard InChI is InChI=1S/C35H26ClF10N9O5S2/c1-53-24-20(4-3-18(36)23(24)28(51-53)52-62(2,58)59)55-30(48-29-25(31(55)57)61-32(49-29)60-6-5-33(39,40)41)19(9-13-7-14(37)10-15(38)8-13)47-21(56)12-54-27-22(26(50-54)35(44,45)46)16-11-17(16)34(27,42)43/h3-4,7-8,10,16-17,19H,5-6,9,11-12H2,1-2H3,(H,47,56)(H,51,52)/t16-,17+,19-/m0/s1. The van der Waals surface area contributed by atoms with Crippen LogP contribution in [0.5, 0.6) is 5.19 Å². The Morgan fingerprint density at radius 1 is 1.08 bits per heavy atom. The van der Waals surface area contributed by atoms with E-state index in [-0.39, 0.29) is 48.8 Å². The number of benzene rings is 2. The van der Waals surface area contributed by atoms with Crippen molar-refractivity contribution in [3.8, 4) is 10.9 Å². The predicted molar refractivity (Wildman–Crippen MR) is 200 cm³/mol. The molecule has 2 aromatic carbocycles. The van der Waals surface area contributed by atoms with Crippen LogP contribution in [0.25, 0.3) is 26.9 Å². The van der Waals surface area contributed by atoms with Crippen molar-refractivity contribution in [1.29, 1.82) is 0 Å². The lowest BCUT2D eigenvalue weighted by Crippen LogP contribution is -2.38. The van der Waals surface area contributed by atoms with Gasteiger partial charge in [0.1, 0.15) is 34.4 Å². The minimum Gasteiger partial charge on any atom is -0.470 e. The van der Waals surface area contributed by atoms with E-state index >= 15 is 8.78 Å². The Labute approximate surface area is 349 Å². The van der Waals surface area contributed by atoms with E-state index in [9.17, 15) is 53.1 Å². The maximum Gasteiger partial charge on any atom is 0.435 e. The van der Waals surface area contributed by atoms with Gasteiger partial charge in [-0.2, -0.15) is 50.3 Å². The van der Waals surface area contributed by atoms with Gasteiger partial charge in [-0.15, -0.1) is 0 Å². The molecule has 1 saturated carbocycles. The highest BCUT2D eigenvalue weighted by Gasteiger charge is 2.68. The summed E-state index contributed by atoms with van der Waals surface area (Å²) in [6, 6.07) is 2.91. The third kappa shape index (κ3) is 8.02. The average molecular weight is 942 g/mol. The first-order valence-corrected chi connectivity index (χ1v) is 21.0. The zero-order valence-corrected chi connectivity index (χ0v) is 33.7. The van der Waals surface area contributed by atoms with Gasteiger partial charge in [0, 0.05) is 31.0 Å². The molecule has 0 aliphatic heterocycles. The molecule has 0 saturated heterocycles. The molecule has 8 rings (SSSR count). The lowest BCUT2D eigenvalue weighted by atomic mass is 10.0. The van der Waals surface area contributed by atoms with Gasteiger partial charge in [-0.1, -0.05) is 22.9 Å². The molecule has 2 aliphatic carbocycles. The largest absolute Gasteiger partial charge is 0.470 e. The molecular weight excluding hydrogens is 916 g/mol. The summed E-state index contributed by atoms with van der Waals surface area (Å²) in [4.78, 5) is 37.1. The highest BCUT2D eigenvalue weighted by atomic mass is 35.5. The number of anilines is 1. The molecule has 3 atom stereocenters. The van der Waals surface area contributed by atoms with Crippen molar-refractivity contribution in [1.82, 2.24) is 39.4 Å². The van der Waals surface area contributed by atoms with E-state index in [1.54, 1.807) is 0 Å². The summed E-state index contributed by atoms with van der Waals surface area (Å²) in [6.07, 6.45) is -11.3. The number of nitrogens with one attached hydrogen (secondary N) is 2. The summed E-state index contributed by atoms with van der Waals surface area (Å²) >= 11 is 6.99. The molecule has 2 aliphatic rings. The molecule has 27 heteroatoms. The number of halogens is 11. The maximum atomic E-state index is 15.4. The van der Waals surface area contributed by atoms with Crippen LogP contribution in [0, 0.1) is 17.6 Å². The van der Waals surface area contributed by atoms with Gasteiger partial charge in [-0.25, -0.2) is 22.2 Å². The first-order valence-electron chi connectivity index (χ1n) is 17.9. The molecule has 2 N–H and O–H groups in total. The molecule has 0 spiro atoms. The fraction of sp³-hybridized carbons (Fsp3) is 0.371. The van der Waals surface area contributed by atoms with E-state index in [4.69, 9.17) is 16.3 Å². The maximum absolute atomic E-state index is 15.4. The van der Waals surface area contributed by atoms with Crippen LogP contribution in [0.3, 0.4) is 0 Å². The van der Waals surface area contributed by atoms with Gasteiger partial charge in [0.25, 0.3) is 16.7 Å². The molecule has 14 nitrogen and oxygen atoms in total. The Morgan fingerprint density at radius 2 is 1.77 bits per heavy atom. The Kier molecular flexibility index (Phi) is 10.3. The minimum atomic E-state index is -5.17. The van der Waals surface area contributed by atoms with Gasteiger partial charge in [0.05, 0.1) is 46.9 Å². The molecule has 0 unspecified atom stereocenters. The highest BCUT2D eigenvalue weighted by molar-refractivity contribution is 7.92. The van der Waals surface area contributed by atoms with Crippen molar-refractivity contribution in [3.05, 3.63) is 85.7 Å². The number of fused-ring (bicyclic) bond motifs is 5. The Balaban J connectivity index is 1.31. The number of amides is 1. The van der Waals surface area contributed by atoms with E-state index in [2.05, 4.69) is 30.2 Å². The Bertz CT molecular complexity index is 2980. The van der Waals surface area contributed by atoms with E-state index in [0.29, 0.717) is 17.4 Å². The van der Waals surface area contributed by atoms with E-state index in [1.165, 1.54) is 19.2 Å². The summed E-state index contributed by atoms with van der Waals surface area (Å²) in [7, 11) is -2.67. The molecule has 0 radical (unpaired) electrons. The predicted octanol–water partition coefficient (Wildman–Crippen LogP) is 6.89. The number of aryl methyl sites for hydroxylation is 1. The van der Waals surface area contributed by atoms with Gasteiger partial charge < -0.3 is 10.1 Å². The van der Waals surface area contributed by atoms with Crippen LogP contribution < -0.4 is 20.3 Å². The van der Waals surface area contributed by atoms with Crippen molar-refractivity contribution in [2.24, 2.45) is 13.0 Å². The number of aromatic nitrogens is 7. The molecule has 330 valence electrons. The minimum absolute atomic E-state index is 0.0613. The number of carbonyl (C=O) groups is 1. The lowest BCUT2D eigenvalue weighted by molar-refractivity contribution is -0.142. The smallest absolute Gasteiger partial charge is 0.435 e. The number of thiazole rings is 1. The fourth-order valence-corrected chi connectivity index (χ4v) is 9.13. The summed E-state index contributed by atoms with van der Waals surface area (Å²) in [5, 5.41) is 9.33. The van der Waals surface area contributed by atoms with E-state index in [1.807, 2.05) is 0 Å². The molecule has 4 heterocycles. The summed E-state index contributed by atoms with van der Waals surface area (Å²) in [5.74, 6) is -10.7. The third-order valence-electron chi connectivity index (χ3n) is 9.99. The number of hydrogen-bond acceptors (Lipinski definition) is 10. The monoisotopic (exact) mass is 941 g/mol. The number of carbonyl (C=O) groups excluding carboxylic acids is 1. The highest BCUT2D eigenvalue weighted by Crippen LogP contribution is 2.68. The first kappa shape index (κ1) is 43.2. The zero-order valence-electron chi connectivity index (χ0n) is 31.3. The summed E-state index contributed by atoms with van der Waals surface area (Å²) in [5.41, 5.74) is -5.40. The van der Waals surface area contributed by atoms with Crippen molar-refractivity contribution in [2.75, 3.05) is 17.6 Å². The van der Waals surface area contributed by atoms with Crippen LogP contribution in [0.4, 0.5) is 49.7 Å². The molecule has 0 bridgehead atoms. The molecular formula is C35H26ClF10N9O5S2. The van der Waals surface area contributed by atoms with Gasteiger partial charge in [-0.3, -0.25) is 28.2 Å². The van der Waals surface area contributed by atoms with Crippen molar-refractivity contribution >= 4 is 65.9 Å². The Morgan fingerprint density at radius 3 is 2.42 bits per heavy atom. The SMILES string of the molecule is Cn1nc(NS(C)(=O)=O)c2c(Cl)ccc(-n3c([C@H](Cc4cc(F)cc(F)c4)NC(=O)Cn4nc(C(F)(F)F)c5c4C(F)(F)[C@@H]4C[C@H]54)nc4nc(OCCC(F)(F)F)sc4c3=O)c21. The number of ether oxygens (including phenoxy) is 1. The summed E-state index contributed by atoms with van der Waals surface area (Å²) < 4.78 is 175. The number of alkyl halides is 8. The molecule has 1 fully saturated rings. The second kappa shape index (κ2) is 14.8. The van der Waals surface area contributed by atoms with Gasteiger partial charge in [-0.05, 0) is 42.2 Å². The number of nitrogens with zero attached hydrogens (tertiary/aromatic N) is 7. The van der Waals surface area contributed by atoms with Crippen molar-refractivity contribution < 1.29 is 61.9 Å². The van der Waals surface area contributed by atoms with Crippen LogP contribution >= 0.6 is 22.9 Å². The van der Waals surface area contributed by atoms with Crippen LogP contribution in [0.2, 0.25) is 5.02 Å². The lowest BCUT2D eigenvalue weighted by Gasteiger charge is -2.23. The first-order chi connectivity index (χ1) is 28.8. The van der Waals surface area contributed by atoms with E-state index < -0.39 is 129 Å². The quantitative estimate of drug-likeness (QED) is 0.124. The van der Waals surface area contributed by atoms with Crippen LogP contribution in [0.15, 0.2) is 35.1 Å². The second-order valence-corrected chi connectivity index (χ2v) is 17.7. The topological polar surface area (TPSA) is 168 Å². The zero-order chi connectivity index (χ0) is 45.0. The molecule has 1 amide bonds. The van der Waals surface area contributed by atoms with Crippen molar-refractivity contribution in [3.63, 3.8) is 0 Å². The van der Waals surface area contributed by atoms with Crippen LogP contribution in [0.1, 0.15) is 53.1 Å². The fourth-order valence-electron chi connectivity index (χ4n) is 7.58.